The third-order valence-corrected chi connectivity index (χ3v) is 3.15. The van der Waals surface area contributed by atoms with Crippen molar-refractivity contribution in [2.75, 3.05) is 5.75 Å². The van der Waals surface area contributed by atoms with Crippen molar-refractivity contribution in [1.29, 1.82) is 0 Å². The van der Waals surface area contributed by atoms with Crippen molar-refractivity contribution in [2.24, 2.45) is 5.92 Å². The predicted molar refractivity (Wildman–Crippen MR) is 70.5 cm³/mol. The Labute approximate surface area is 105 Å². The smallest absolute Gasteiger partial charge is 0.406 e. The first kappa shape index (κ1) is 12.2. The second-order valence-corrected chi connectivity index (χ2v) is 4.70. The van der Waals surface area contributed by atoms with Gasteiger partial charge in [0.25, 0.3) is 0 Å². The number of nitrogens with zero attached hydrogens (tertiary/aromatic N) is 2. The second kappa shape index (κ2) is 5.40. The van der Waals surface area contributed by atoms with Crippen molar-refractivity contribution < 1.29 is 4.42 Å². The lowest BCUT2D eigenvalue weighted by Crippen LogP contribution is -2.16. The van der Waals surface area contributed by atoms with E-state index in [1.54, 1.807) is 22.9 Å². The first-order valence-corrected chi connectivity index (χ1v) is 6.41. The van der Waals surface area contributed by atoms with Gasteiger partial charge in [-0.15, -0.1) is 0 Å². The summed E-state index contributed by atoms with van der Waals surface area (Å²) in [6.07, 6.45) is 3.66. The Morgan fingerprint density at radius 1 is 1.53 bits per heavy atom. The molecule has 0 saturated carbocycles. The van der Waals surface area contributed by atoms with Gasteiger partial charge in [-0.1, -0.05) is 6.92 Å². The molecule has 0 amide bonds. The van der Waals surface area contributed by atoms with Gasteiger partial charge in [0, 0.05) is 12.7 Å². The van der Waals surface area contributed by atoms with E-state index in [4.69, 9.17) is 4.42 Å². The van der Waals surface area contributed by atoms with Gasteiger partial charge in [-0.25, -0.2) is 9.78 Å². The normalized spacial score (nSPS) is 13.1. The molecule has 1 unspecified atom stereocenters. The van der Waals surface area contributed by atoms with Gasteiger partial charge in [-0.05, 0) is 36.6 Å². The van der Waals surface area contributed by atoms with Gasteiger partial charge >= 0.3 is 5.76 Å². The number of aromatic nitrogens is 2. The first-order valence-electron chi connectivity index (χ1n) is 5.77. The summed E-state index contributed by atoms with van der Waals surface area (Å²) in [6, 6.07) is 3.52. The summed E-state index contributed by atoms with van der Waals surface area (Å²) in [4.78, 5) is 15.8. The van der Waals surface area contributed by atoms with Gasteiger partial charge in [-0.3, -0.25) is 4.57 Å². The van der Waals surface area contributed by atoms with Gasteiger partial charge in [0.15, 0.2) is 11.2 Å². The molecule has 92 valence electrons. The minimum absolute atomic E-state index is 0.322. The standard InChI is InChI=1S/C12H16N2O2S/c1-9(5-8-17)4-7-14-11-10(16-12(14)15)3-2-6-13-11/h2-3,6,9,17H,4-5,7-8H2,1H3. The molecule has 0 aromatic carbocycles. The van der Waals surface area contributed by atoms with Gasteiger partial charge < -0.3 is 4.42 Å². The SMILES string of the molecule is CC(CCS)CCn1c(=O)oc2cccnc21. The van der Waals surface area contributed by atoms with Gasteiger partial charge in [0.2, 0.25) is 0 Å². The minimum Gasteiger partial charge on any atom is -0.406 e. The molecular formula is C12H16N2O2S. The molecule has 2 rings (SSSR count). The maximum Gasteiger partial charge on any atom is 0.421 e. The molecule has 0 fully saturated rings. The van der Waals surface area contributed by atoms with Crippen LogP contribution in [0.15, 0.2) is 27.5 Å². The van der Waals surface area contributed by atoms with Crippen LogP contribution in [0.2, 0.25) is 0 Å². The lowest BCUT2D eigenvalue weighted by molar-refractivity contribution is 0.441. The molecule has 2 aromatic heterocycles. The van der Waals surface area contributed by atoms with Crippen LogP contribution in [0.25, 0.3) is 11.2 Å². The van der Waals surface area contributed by atoms with Crippen molar-refractivity contribution in [2.45, 2.75) is 26.3 Å². The molecule has 0 aliphatic carbocycles. The molecule has 2 aromatic rings. The fourth-order valence-corrected chi connectivity index (χ4v) is 2.25. The van der Waals surface area contributed by atoms with Crippen LogP contribution >= 0.6 is 12.6 Å². The maximum atomic E-state index is 11.7. The molecule has 2 heterocycles. The van der Waals surface area contributed by atoms with Crippen molar-refractivity contribution >= 4 is 23.9 Å². The molecule has 17 heavy (non-hydrogen) atoms. The molecule has 0 radical (unpaired) electrons. The van der Waals surface area contributed by atoms with E-state index in [2.05, 4.69) is 24.5 Å². The van der Waals surface area contributed by atoms with Crippen LogP contribution in [-0.2, 0) is 6.54 Å². The summed E-state index contributed by atoms with van der Waals surface area (Å²) < 4.78 is 6.72. The Balaban J connectivity index is 2.18. The number of hydrogen-bond acceptors (Lipinski definition) is 4. The number of fused-ring (bicyclic) bond motifs is 1. The van der Waals surface area contributed by atoms with Crippen LogP contribution in [0.1, 0.15) is 19.8 Å². The van der Waals surface area contributed by atoms with E-state index in [9.17, 15) is 4.79 Å². The van der Waals surface area contributed by atoms with E-state index in [0.29, 0.717) is 23.7 Å². The lowest BCUT2D eigenvalue weighted by Gasteiger charge is -2.08. The van der Waals surface area contributed by atoms with Crippen LogP contribution in [0.4, 0.5) is 0 Å². The summed E-state index contributed by atoms with van der Waals surface area (Å²) in [5, 5.41) is 0. The summed E-state index contributed by atoms with van der Waals surface area (Å²) in [5.41, 5.74) is 1.19. The van der Waals surface area contributed by atoms with Crippen molar-refractivity contribution in [3.63, 3.8) is 0 Å². The van der Waals surface area contributed by atoms with Gasteiger partial charge in [-0.2, -0.15) is 12.6 Å². The van der Waals surface area contributed by atoms with E-state index in [1.165, 1.54) is 0 Å². The van der Waals surface area contributed by atoms with Crippen molar-refractivity contribution in [3.05, 3.63) is 28.9 Å². The average Bonchev–Trinajstić information content (AvgIpc) is 2.62. The molecule has 1 atom stereocenters. The summed E-state index contributed by atoms with van der Waals surface area (Å²) in [5.74, 6) is 1.10. The Bertz CT molecular complexity index is 547. The van der Waals surface area contributed by atoms with Crippen LogP contribution in [0, 0.1) is 5.92 Å². The average molecular weight is 252 g/mol. The molecular weight excluding hydrogens is 236 g/mol. The van der Waals surface area contributed by atoms with E-state index in [1.807, 2.05) is 0 Å². The number of hydrogen-bond donors (Lipinski definition) is 1. The maximum absolute atomic E-state index is 11.7. The highest BCUT2D eigenvalue weighted by Crippen LogP contribution is 2.13. The van der Waals surface area contributed by atoms with Gasteiger partial charge in [0.05, 0.1) is 0 Å². The fraction of sp³-hybridized carbons (Fsp3) is 0.500. The Morgan fingerprint density at radius 3 is 3.12 bits per heavy atom. The number of pyridine rings is 1. The largest absolute Gasteiger partial charge is 0.421 e. The third kappa shape index (κ3) is 2.72. The molecule has 4 nitrogen and oxygen atoms in total. The van der Waals surface area contributed by atoms with E-state index >= 15 is 0 Å². The molecule has 0 N–H and O–H groups in total. The summed E-state index contributed by atoms with van der Waals surface area (Å²) >= 11 is 4.21. The molecule has 5 heteroatoms. The summed E-state index contributed by atoms with van der Waals surface area (Å²) in [7, 11) is 0. The number of rotatable bonds is 5. The minimum atomic E-state index is -0.322. The second-order valence-electron chi connectivity index (χ2n) is 4.25. The van der Waals surface area contributed by atoms with Crippen molar-refractivity contribution in [1.82, 2.24) is 9.55 Å². The Morgan fingerprint density at radius 2 is 2.35 bits per heavy atom. The molecule has 0 bridgehead atoms. The molecule has 0 aliphatic heterocycles. The Kier molecular flexibility index (Phi) is 3.89. The van der Waals surface area contributed by atoms with E-state index in [0.717, 1.165) is 18.6 Å². The quantitative estimate of drug-likeness (QED) is 0.831. The zero-order chi connectivity index (χ0) is 12.3. The van der Waals surface area contributed by atoms with Crippen molar-refractivity contribution in [3.8, 4) is 0 Å². The zero-order valence-corrected chi connectivity index (χ0v) is 10.7. The highest BCUT2D eigenvalue weighted by molar-refractivity contribution is 7.80. The topological polar surface area (TPSA) is 48.0 Å². The van der Waals surface area contributed by atoms with Crippen LogP contribution in [0.5, 0.6) is 0 Å². The molecule has 0 aliphatic rings. The number of oxazole rings is 1. The van der Waals surface area contributed by atoms with E-state index in [-0.39, 0.29) is 5.76 Å². The predicted octanol–water partition coefficient (Wildman–Crippen LogP) is 2.34. The number of aryl methyl sites for hydroxylation is 1. The highest BCUT2D eigenvalue weighted by Gasteiger charge is 2.10. The van der Waals surface area contributed by atoms with Crippen LogP contribution < -0.4 is 5.76 Å². The van der Waals surface area contributed by atoms with Crippen LogP contribution in [-0.4, -0.2) is 15.3 Å². The summed E-state index contributed by atoms with van der Waals surface area (Å²) in [6.45, 7) is 2.81. The zero-order valence-electron chi connectivity index (χ0n) is 9.80. The molecule has 0 saturated heterocycles. The first-order chi connectivity index (χ1) is 8.22. The molecule has 0 spiro atoms. The van der Waals surface area contributed by atoms with Gasteiger partial charge in [0.1, 0.15) is 0 Å². The highest BCUT2D eigenvalue weighted by atomic mass is 32.1. The van der Waals surface area contributed by atoms with Crippen LogP contribution in [0.3, 0.4) is 0 Å². The number of thiol groups is 1. The lowest BCUT2D eigenvalue weighted by atomic mass is 10.1. The monoisotopic (exact) mass is 252 g/mol. The third-order valence-electron chi connectivity index (χ3n) is 2.89. The Hall–Kier alpha value is -1.23. The van der Waals surface area contributed by atoms with E-state index < -0.39 is 0 Å². The fourth-order valence-electron chi connectivity index (χ4n) is 1.81.